The van der Waals surface area contributed by atoms with Crippen molar-refractivity contribution in [3.05, 3.63) is 36.1 Å². The zero-order chi connectivity index (χ0) is 16.5. The van der Waals surface area contributed by atoms with Gasteiger partial charge in [0.15, 0.2) is 0 Å². The molecule has 1 N–H and O–H groups in total. The van der Waals surface area contributed by atoms with E-state index in [1.807, 2.05) is 6.92 Å². The first-order chi connectivity index (χ1) is 10.5. The van der Waals surface area contributed by atoms with Gasteiger partial charge in [-0.05, 0) is 31.4 Å². The van der Waals surface area contributed by atoms with Crippen molar-refractivity contribution in [3.8, 4) is 0 Å². The number of ether oxygens (including phenoxy) is 1. The van der Waals surface area contributed by atoms with Crippen LogP contribution < -0.4 is 0 Å². The molecule has 0 spiro atoms. The fourth-order valence-corrected chi connectivity index (χ4v) is 2.43. The minimum absolute atomic E-state index is 0.00713. The van der Waals surface area contributed by atoms with Crippen LogP contribution in [-0.4, -0.2) is 41.8 Å². The van der Waals surface area contributed by atoms with Gasteiger partial charge in [-0.25, -0.2) is 9.18 Å². The molecule has 22 heavy (non-hydrogen) atoms. The SMILES string of the molecule is CCC1CC(C(=O)O)CCN1C(=O)OC.Fc1ccccc1. The van der Waals surface area contributed by atoms with Crippen LogP contribution in [0.3, 0.4) is 0 Å². The highest BCUT2D eigenvalue weighted by atomic mass is 19.1. The number of hydrogen-bond acceptors (Lipinski definition) is 3. The number of aliphatic carboxylic acids is 1. The summed E-state index contributed by atoms with van der Waals surface area (Å²) in [4.78, 5) is 23.8. The Kier molecular flexibility index (Phi) is 7.36. The van der Waals surface area contributed by atoms with Crippen molar-refractivity contribution in [1.29, 1.82) is 0 Å². The lowest BCUT2D eigenvalue weighted by Crippen LogP contribution is -2.47. The number of methoxy groups -OCH3 is 1. The van der Waals surface area contributed by atoms with Crippen LogP contribution in [0.4, 0.5) is 9.18 Å². The van der Waals surface area contributed by atoms with Gasteiger partial charge in [0.2, 0.25) is 0 Å². The molecule has 2 unspecified atom stereocenters. The summed E-state index contributed by atoms with van der Waals surface area (Å²) < 4.78 is 16.6. The first kappa shape index (κ1) is 17.9. The third-order valence-corrected chi connectivity index (χ3v) is 3.68. The number of carbonyl (C=O) groups is 2. The van der Waals surface area contributed by atoms with Crippen LogP contribution in [0.25, 0.3) is 0 Å². The van der Waals surface area contributed by atoms with Crippen LogP contribution in [0.1, 0.15) is 26.2 Å². The number of likely N-dealkylation sites (tertiary alicyclic amines) is 1. The molecular weight excluding hydrogens is 289 g/mol. The zero-order valence-electron chi connectivity index (χ0n) is 12.9. The van der Waals surface area contributed by atoms with Crippen LogP contribution in [0.2, 0.25) is 0 Å². The summed E-state index contributed by atoms with van der Waals surface area (Å²) in [5.41, 5.74) is 0. The molecule has 1 aromatic carbocycles. The molecule has 0 saturated carbocycles. The summed E-state index contributed by atoms with van der Waals surface area (Å²) in [6, 6.07) is 7.93. The van der Waals surface area contributed by atoms with E-state index in [0.717, 1.165) is 6.42 Å². The minimum atomic E-state index is -0.766. The van der Waals surface area contributed by atoms with Gasteiger partial charge in [0.25, 0.3) is 0 Å². The van der Waals surface area contributed by atoms with Crippen molar-refractivity contribution in [2.45, 2.75) is 32.2 Å². The molecule has 1 aromatic rings. The van der Waals surface area contributed by atoms with Crippen molar-refractivity contribution in [2.24, 2.45) is 5.92 Å². The third kappa shape index (κ3) is 5.35. The zero-order valence-corrected chi connectivity index (χ0v) is 12.9. The lowest BCUT2D eigenvalue weighted by Gasteiger charge is -2.36. The molecule has 0 bridgehead atoms. The van der Waals surface area contributed by atoms with Gasteiger partial charge in [0, 0.05) is 12.6 Å². The standard InChI is InChI=1S/C10H17NO4.C6H5F/c1-3-8-6-7(9(12)13)4-5-11(8)10(14)15-2;7-6-4-2-1-3-5-6/h7-8H,3-6H2,1-2H3,(H,12,13);1-5H. The average molecular weight is 311 g/mol. The number of piperidine rings is 1. The predicted octanol–water partition coefficient (Wildman–Crippen LogP) is 3.15. The number of carboxylic acid groups (broad SMARTS) is 1. The summed E-state index contributed by atoms with van der Waals surface area (Å²) in [6.45, 7) is 2.42. The van der Waals surface area contributed by atoms with E-state index in [-0.39, 0.29) is 23.9 Å². The second-order valence-corrected chi connectivity index (χ2v) is 5.08. The number of nitrogens with zero attached hydrogens (tertiary/aromatic N) is 1. The van der Waals surface area contributed by atoms with Crippen LogP contribution in [0.5, 0.6) is 0 Å². The molecule has 6 heteroatoms. The fraction of sp³-hybridized carbons (Fsp3) is 0.500. The number of amides is 1. The molecule has 2 atom stereocenters. The molecule has 1 aliphatic rings. The fourth-order valence-electron chi connectivity index (χ4n) is 2.43. The molecule has 0 radical (unpaired) electrons. The smallest absolute Gasteiger partial charge is 0.409 e. The molecule has 2 rings (SSSR count). The Hall–Kier alpha value is -2.11. The van der Waals surface area contributed by atoms with E-state index in [9.17, 15) is 14.0 Å². The second kappa shape index (κ2) is 9.02. The molecule has 0 aromatic heterocycles. The van der Waals surface area contributed by atoms with Gasteiger partial charge in [-0.1, -0.05) is 25.1 Å². The van der Waals surface area contributed by atoms with Crippen molar-refractivity contribution < 1.29 is 23.8 Å². The maximum absolute atomic E-state index is 11.9. The molecule has 1 fully saturated rings. The Bertz CT molecular complexity index is 480. The van der Waals surface area contributed by atoms with Crippen molar-refractivity contribution in [2.75, 3.05) is 13.7 Å². The van der Waals surface area contributed by atoms with E-state index in [0.29, 0.717) is 19.4 Å². The van der Waals surface area contributed by atoms with Crippen LogP contribution in [0.15, 0.2) is 30.3 Å². The highest BCUT2D eigenvalue weighted by Gasteiger charge is 2.34. The lowest BCUT2D eigenvalue weighted by atomic mass is 9.90. The molecule has 1 amide bonds. The van der Waals surface area contributed by atoms with Gasteiger partial charge < -0.3 is 14.7 Å². The average Bonchev–Trinajstić information content (AvgIpc) is 2.54. The van der Waals surface area contributed by atoms with Gasteiger partial charge in [0.05, 0.1) is 13.0 Å². The van der Waals surface area contributed by atoms with E-state index < -0.39 is 5.97 Å². The summed E-state index contributed by atoms with van der Waals surface area (Å²) in [7, 11) is 1.35. The number of rotatable bonds is 2. The van der Waals surface area contributed by atoms with E-state index in [1.54, 1.807) is 23.1 Å². The van der Waals surface area contributed by atoms with E-state index in [1.165, 1.54) is 19.2 Å². The van der Waals surface area contributed by atoms with Crippen LogP contribution >= 0.6 is 0 Å². The van der Waals surface area contributed by atoms with Crippen LogP contribution in [-0.2, 0) is 9.53 Å². The Labute approximate surface area is 129 Å². The Morgan fingerprint density at radius 1 is 1.36 bits per heavy atom. The lowest BCUT2D eigenvalue weighted by molar-refractivity contribution is -0.144. The molecule has 5 nitrogen and oxygen atoms in total. The highest BCUT2D eigenvalue weighted by Crippen LogP contribution is 2.25. The summed E-state index contributed by atoms with van der Waals surface area (Å²) in [5, 5.41) is 8.90. The number of hydrogen-bond donors (Lipinski definition) is 1. The topological polar surface area (TPSA) is 66.8 Å². The van der Waals surface area contributed by atoms with Gasteiger partial charge in [0.1, 0.15) is 5.82 Å². The maximum Gasteiger partial charge on any atom is 0.409 e. The van der Waals surface area contributed by atoms with Gasteiger partial charge in [-0.3, -0.25) is 4.79 Å². The Balaban J connectivity index is 0.000000287. The maximum atomic E-state index is 11.9. The molecule has 1 heterocycles. The minimum Gasteiger partial charge on any atom is -0.481 e. The Morgan fingerprint density at radius 2 is 2.00 bits per heavy atom. The second-order valence-electron chi connectivity index (χ2n) is 5.08. The molecule has 0 aliphatic carbocycles. The predicted molar refractivity (Wildman–Crippen MR) is 79.9 cm³/mol. The van der Waals surface area contributed by atoms with E-state index in [4.69, 9.17) is 5.11 Å². The van der Waals surface area contributed by atoms with E-state index >= 15 is 0 Å². The van der Waals surface area contributed by atoms with Crippen molar-refractivity contribution >= 4 is 12.1 Å². The summed E-state index contributed by atoms with van der Waals surface area (Å²) >= 11 is 0. The first-order valence-corrected chi connectivity index (χ1v) is 7.27. The van der Waals surface area contributed by atoms with E-state index in [2.05, 4.69) is 4.74 Å². The first-order valence-electron chi connectivity index (χ1n) is 7.27. The van der Waals surface area contributed by atoms with Crippen molar-refractivity contribution in [3.63, 3.8) is 0 Å². The molecule has 1 aliphatic heterocycles. The molecule has 122 valence electrons. The number of halogens is 1. The van der Waals surface area contributed by atoms with Gasteiger partial charge >= 0.3 is 12.1 Å². The highest BCUT2D eigenvalue weighted by molar-refractivity contribution is 5.72. The third-order valence-electron chi connectivity index (χ3n) is 3.68. The van der Waals surface area contributed by atoms with Crippen LogP contribution in [0, 0.1) is 11.7 Å². The number of carbonyl (C=O) groups excluding carboxylic acids is 1. The largest absolute Gasteiger partial charge is 0.481 e. The van der Waals surface area contributed by atoms with Gasteiger partial charge in [-0.15, -0.1) is 0 Å². The molecular formula is C16H22FNO4. The van der Waals surface area contributed by atoms with Crippen molar-refractivity contribution in [1.82, 2.24) is 4.90 Å². The van der Waals surface area contributed by atoms with Gasteiger partial charge in [-0.2, -0.15) is 0 Å². The number of benzene rings is 1. The summed E-state index contributed by atoms with van der Waals surface area (Å²) in [6.07, 6.45) is 1.45. The number of carboxylic acids is 1. The normalized spacial score (nSPS) is 20.6. The summed E-state index contributed by atoms with van der Waals surface area (Å²) in [5.74, 6) is -1.27. The monoisotopic (exact) mass is 311 g/mol. The Morgan fingerprint density at radius 3 is 2.41 bits per heavy atom. The quantitative estimate of drug-likeness (QED) is 0.911. The molecule has 1 saturated heterocycles.